The number of carbonyl (C=O) groups excluding carboxylic acids is 1. The van der Waals surface area contributed by atoms with Gasteiger partial charge in [-0.25, -0.2) is 0 Å². The van der Waals surface area contributed by atoms with Crippen molar-refractivity contribution in [3.05, 3.63) is 24.4 Å². The summed E-state index contributed by atoms with van der Waals surface area (Å²) in [6.45, 7) is 5.12. The van der Waals surface area contributed by atoms with E-state index in [9.17, 15) is 4.79 Å². The maximum Gasteiger partial charge on any atom is 0.241 e. The van der Waals surface area contributed by atoms with Gasteiger partial charge >= 0.3 is 0 Å². The Hall–Kier alpha value is -1.88. The first-order valence-corrected chi connectivity index (χ1v) is 7.16. The fourth-order valence-electron chi connectivity index (χ4n) is 2.52. The van der Waals surface area contributed by atoms with E-state index in [2.05, 4.69) is 29.6 Å². The molecule has 0 radical (unpaired) electrons. The fourth-order valence-corrected chi connectivity index (χ4v) is 2.52. The predicted molar refractivity (Wildman–Crippen MR) is 79.8 cm³/mol. The number of benzene rings is 1. The number of rotatable bonds is 3. The molecule has 1 saturated heterocycles. The van der Waals surface area contributed by atoms with Crippen LogP contribution in [0.15, 0.2) is 24.4 Å². The number of hydrogen-bond donors (Lipinski definition) is 2. The lowest BCUT2D eigenvalue weighted by molar-refractivity contribution is -0.117. The molecule has 1 aliphatic rings. The molecule has 106 valence electrons. The highest BCUT2D eigenvalue weighted by Crippen LogP contribution is 2.20. The van der Waals surface area contributed by atoms with Crippen LogP contribution in [-0.4, -0.2) is 28.3 Å². The molecule has 1 amide bonds. The molecular formula is C15H20N4O. The quantitative estimate of drug-likeness (QED) is 0.901. The zero-order valence-electron chi connectivity index (χ0n) is 11.9. The fraction of sp³-hybridized carbons (Fsp3) is 0.467. The van der Waals surface area contributed by atoms with Crippen LogP contribution in [0.4, 0.5) is 5.69 Å². The Balaban J connectivity index is 1.79. The number of carbonyl (C=O) groups is 1. The van der Waals surface area contributed by atoms with E-state index in [1.165, 1.54) is 0 Å². The van der Waals surface area contributed by atoms with Gasteiger partial charge in [0.15, 0.2) is 0 Å². The van der Waals surface area contributed by atoms with Crippen molar-refractivity contribution in [1.29, 1.82) is 0 Å². The molecule has 1 aliphatic heterocycles. The highest BCUT2D eigenvalue weighted by Gasteiger charge is 2.21. The largest absolute Gasteiger partial charge is 0.325 e. The van der Waals surface area contributed by atoms with E-state index in [4.69, 9.17) is 0 Å². The molecular weight excluding hydrogens is 252 g/mol. The molecule has 1 aromatic carbocycles. The number of amides is 1. The summed E-state index contributed by atoms with van der Waals surface area (Å²) in [5, 5.41) is 11.7. The van der Waals surface area contributed by atoms with Gasteiger partial charge in [0.1, 0.15) is 0 Å². The minimum atomic E-state index is -0.0518. The Kier molecular flexibility index (Phi) is 3.44. The van der Waals surface area contributed by atoms with Crippen LogP contribution in [0.1, 0.15) is 32.7 Å². The second-order valence-corrected chi connectivity index (χ2v) is 5.61. The zero-order chi connectivity index (χ0) is 14.1. The third-order valence-corrected chi connectivity index (χ3v) is 3.70. The molecule has 5 nitrogen and oxygen atoms in total. The van der Waals surface area contributed by atoms with E-state index in [0.29, 0.717) is 6.04 Å². The van der Waals surface area contributed by atoms with Gasteiger partial charge in [-0.05, 0) is 51.4 Å². The summed E-state index contributed by atoms with van der Waals surface area (Å²) in [6.07, 6.45) is 4.00. The minimum Gasteiger partial charge on any atom is -0.325 e. The van der Waals surface area contributed by atoms with Gasteiger partial charge < -0.3 is 10.6 Å². The van der Waals surface area contributed by atoms with Crippen molar-refractivity contribution >= 4 is 22.5 Å². The first-order valence-electron chi connectivity index (χ1n) is 7.16. The van der Waals surface area contributed by atoms with Crippen LogP contribution in [0, 0.1) is 0 Å². The van der Waals surface area contributed by atoms with Gasteiger partial charge in [-0.3, -0.25) is 9.48 Å². The van der Waals surface area contributed by atoms with E-state index in [-0.39, 0.29) is 11.9 Å². The second kappa shape index (κ2) is 5.25. The lowest BCUT2D eigenvalue weighted by atomic mass is 10.2. The van der Waals surface area contributed by atoms with Crippen molar-refractivity contribution in [2.24, 2.45) is 0 Å². The van der Waals surface area contributed by atoms with Crippen LogP contribution in [0.2, 0.25) is 0 Å². The van der Waals surface area contributed by atoms with Crippen molar-refractivity contribution < 1.29 is 4.79 Å². The zero-order valence-corrected chi connectivity index (χ0v) is 11.9. The Morgan fingerprint density at radius 2 is 2.35 bits per heavy atom. The maximum atomic E-state index is 12.1. The molecule has 1 atom stereocenters. The van der Waals surface area contributed by atoms with Crippen LogP contribution in [0.3, 0.4) is 0 Å². The summed E-state index contributed by atoms with van der Waals surface area (Å²) in [7, 11) is 0. The Morgan fingerprint density at radius 3 is 3.05 bits per heavy atom. The van der Waals surface area contributed by atoms with Gasteiger partial charge in [-0.2, -0.15) is 5.10 Å². The average Bonchev–Trinajstić information content (AvgIpc) is 3.07. The second-order valence-electron chi connectivity index (χ2n) is 5.61. The van der Waals surface area contributed by atoms with E-state index >= 15 is 0 Å². The van der Waals surface area contributed by atoms with Crippen LogP contribution in [0.5, 0.6) is 0 Å². The number of aromatic nitrogens is 2. The Morgan fingerprint density at radius 1 is 1.50 bits per heavy atom. The van der Waals surface area contributed by atoms with Gasteiger partial charge in [0.2, 0.25) is 5.91 Å². The molecule has 1 aromatic heterocycles. The van der Waals surface area contributed by atoms with Crippen molar-refractivity contribution in [2.45, 2.75) is 38.8 Å². The van der Waals surface area contributed by atoms with Crippen LogP contribution in [-0.2, 0) is 4.79 Å². The number of nitrogens with zero attached hydrogens (tertiary/aromatic N) is 2. The SMILES string of the molecule is CC(C)n1cc2cc(NC(=O)C3CCCN3)ccc2n1. The molecule has 3 rings (SSSR count). The van der Waals surface area contributed by atoms with Gasteiger partial charge in [0, 0.05) is 23.3 Å². The van der Waals surface area contributed by atoms with Crippen molar-refractivity contribution in [3.63, 3.8) is 0 Å². The number of hydrogen-bond acceptors (Lipinski definition) is 3. The topological polar surface area (TPSA) is 59.0 Å². The molecule has 5 heteroatoms. The third-order valence-electron chi connectivity index (χ3n) is 3.70. The Bertz CT molecular complexity index is 626. The summed E-state index contributed by atoms with van der Waals surface area (Å²) in [5.74, 6) is 0.0538. The molecule has 1 fully saturated rings. The summed E-state index contributed by atoms with van der Waals surface area (Å²) in [5.41, 5.74) is 1.79. The van der Waals surface area contributed by atoms with E-state index in [1.54, 1.807) is 0 Å². The van der Waals surface area contributed by atoms with E-state index in [0.717, 1.165) is 36.0 Å². The normalized spacial score (nSPS) is 18.9. The number of anilines is 1. The van der Waals surface area contributed by atoms with Crippen molar-refractivity contribution in [2.75, 3.05) is 11.9 Å². The van der Waals surface area contributed by atoms with Gasteiger partial charge in [0.25, 0.3) is 0 Å². The smallest absolute Gasteiger partial charge is 0.241 e. The summed E-state index contributed by atoms with van der Waals surface area (Å²) < 4.78 is 1.94. The number of fused-ring (bicyclic) bond motifs is 1. The molecule has 0 bridgehead atoms. The highest BCUT2D eigenvalue weighted by atomic mass is 16.2. The summed E-state index contributed by atoms with van der Waals surface area (Å²) >= 11 is 0. The Labute approximate surface area is 118 Å². The van der Waals surface area contributed by atoms with Gasteiger partial charge in [0.05, 0.1) is 11.6 Å². The molecule has 0 saturated carbocycles. The van der Waals surface area contributed by atoms with Crippen molar-refractivity contribution in [3.8, 4) is 0 Å². The monoisotopic (exact) mass is 272 g/mol. The molecule has 2 N–H and O–H groups in total. The van der Waals surface area contributed by atoms with E-state index < -0.39 is 0 Å². The van der Waals surface area contributed by atoms with Crippen LogP contribution in [0.25, 0.3) is 10.9 Å². The molecule has 0 aliphatic carbocycles. The standard InChI is InChI=1S/C15H20N4O/c1-10(2)19-9-11-8-12(5-6-13(11)18-19)17-15(20)14-4-3-7-16-14/h5-6,8-10,14,16H,3-4,7H2,1-2H3,(H,17,20). The molecule has 2 heterocycles. The lowest BCUT2D eigenvalue weighted by Crippen LogP contribution is -2.35. The summed E-state index contributed by atoms with van der Waals surface area (Å²) in [4.78, 5) is 12.1. The van der Waals surface area contributed by atoms with Gasteiger partial charge in [-0.15, -0.1) is 0 Å². The summed E-state index contributed by atoms with van der Waals surface area (Å²) in [6, 6.07) is 6.12. The van der Waals surface area contributed by atoms with Crippen molar-refractivity contribution in [1.82, 2.24) is 15.1 Å². The number of nitrogens with one attached hydrogen (secondary N) is 2. The maximum absolute atomic E-state index is 12.1. The van der Waals surface area contributed by atoms with E-state index in [1.807, 2.05) is 29.1 Å². The predicted octanol–water partition coefficient (Wildman–Crippen LogP) is 2.31. The molecule has 2 aromatic rings. The first-order chi connectivity index (χ1) is 9.63. The van der Waals surface area contributed by atoms with Crippen LogP contribution < -0.4 is 10.6 Å². The van der Waals surface area contributed by atoms with Gasteiger partial charge in [-0.1, -0.05) is 0 Å². The average molecular weight is 272 g/mol. The van der Waals surface area contributed by atoms with Crippen LogP contribution >= 0.6 is 0 Å². The molecule has 20 heavy (non-hydrogen) atoms. The lowest BCUT2D eigenvalue weighted by Gasteiger charge is -2.10. The third kappa shape index (κ3) is 2.54. The minimum absolute atomic E-state index is 0.0518. The first kappa shape index (κ1) is 13.1. The highest BCUT2D eigenvalue weighted by molar-refractivity contribution is 5.96. The molecule has 0 spiro atoms. The molecule has 1 unspecified atom stereocenters.